The number of nitrogens with one attached hydrogen (secondary N) is 1. The van der Waals surface area contributed by atoms with Crippen LogP contribution in [0.2, 0.25) is 0 Å². The molecule has 7 heteroatoms. The van der Waals surface area contributed by atoms with E-state index in [9.17, 15) is 14.9 Å². The Hall–Kier alpha value is -3.11. The first kappa shape index (κ1) is 20.6. The van der Waals surface area contributed by atoms with Crippen molar-refractivity contribution < 1.29 is 4.79 Å². The summed E-state index contributed by atoms with van der Waals surface area (Å²) in [6.07, 6.45) is 0.767. The van der Waals surface area contributed by atoms with Gasteiger partial charge in [0.25, 0.3) is 5.56 Å². The molecule has 0 fully saturated rings. The lowest BCUT2D eigenvalue weighted by atomic mass is 10.2. The number of benzene rings is 2. The quantitative estimate of drug-likeness (QED) is 0.485. The number of carbonyl (C=O) groups excluding carboxylic acids is 1. The highest BCUT2D eigenvalue weighted by atomic mass is 32.2. The number of carbonyl (C=O) groups is 1. The van der Waals surface area contributed by atoms with E-state index >= 15 is 0 Å². The Kier molecular flexibility index (Phi) is 6.35. The molecule has 1 aromatic heterocycles. The molecule has 0 unspecified atom stereocenters. The first-order chi connectivity index (χ1) is 14.0. The summed E-state index contributed by atoms with van der Waals surface area (Å²) in [5, 5.41) is 12.6. The molecule has 3 rings (SSSR count). The number of anilines is 1. The Morgan fingerprint density at radius 3 is 2.62 bits per heavy atom. The van der Waals surface area contributed by atoms with Crippen molar-refractivity contribution in [3.8, 4) is 6.07 Å². The molecule has 3 aromatic rings. The van der Waals surface area contributed by atoms with Crippen molar-refractivity contribution in [2.24, 2.45) is 0 Å². The third kappa shape index (κ3) is 4.33. The minimum absolute atomic E-state index is 0.0447. The SMILES string of the molecule is CC[C@@H](C)n1c(S[C@@H](C)C(=O)Nc2ccccc2C#N)nc2ccccc2c1=O. The number of rotatable bonds is 6. The zero-order valence-corrected chi connectivity index (χ0v) is 17.4. The second kappa shape index (κ2) is 8.93. The minimum Gasteiger partial charge on any atom is -0.324 e. The maximum absolute atomic E-state index is 13.0. The molecule has 0 bridgehead atoms. The Morgan fingerprint density at radius 1 is 1.21 bits per heavy atom. The molecular formula is C22H22N4O2S. The summed E-state index contributed by atoms with van der Waals surface area (Å²) in [6.45, 7) is 5.74. The van der Waals surface area contributed by atoms with Crippen LogP contribution in [0.1, 0.15) is 38.8 Å². The van der Waals surface area contributed by atoms with Gasteiger partial charge in [0.1, 0.15) is 6.07 Å². The third-order valence-corrected chi connectivity index (χ3v) is 5.83. The van der Waals surface area contributed by atoms with Gasteiger partial charge in [-0.15, -0.1) is 0 Å². The molecule has 2 atom stereocenters. The predicted molar refractivity (Wildman–Crippen MR) is 116 cm³/mol. The van der Waals surface area contributed by atoms with Crippen LogP contribution < -0.4 is 10.9 Å². The van der Waals surface area contributed by atoms with E-state index in [1.807, 2.05) is 26.0 Å². The molecule has 0 saturated heterocycles. The average molecular weight is 407 g/mol. The van der Waals surface area contributed by atoms with E-state index in [1.165, 1.54) is 11.8 Å². The molecule has 1 amide bonds. The summed E-state index contributed by atoms with van der Waals surface area (Å²) in [7, 11) is 0. The fourth-order valence-electron chi connectivity index (χ4n) is 2.92. The Morgan fingerprint density at radius 2 is 1.90 bits per heavy atom. The monoisotopic (exact) mass is 406 g/mol. The lowest BCUT2D eigenvalue weighted by Crippen LogP contribution is -2.28. The van der Waals surface area contributed by atoms with E-state index < -0.39 is 5.25 Å². The van der Waals surface area contributed by atoms with E-state index in [1.54, 1.807) is 47.9 Å². The van der Waals surface area contributed by atoms with Crippen molar-refractivity contribution in [3.05, 3.63) is 64.4 Å². The van der Waals surface area contributed by atoms with Crippen molar-refractivity contribution in [2.45, 2.75) is 43.6 Å². The average Bonchev–Trinajstić information content (AvgIpc) is 2.73. The van der Waals surface area contributed by atoms with Crippen molar-refractivity contribution >= 4 is 34.3 Å². The van der Waals surface area contributed by atoms with Gasteiger partial charge in [0.2, 0.25) is 5.91 Å². The van der Waals surface area contributed by atoms with Crippen LogP contribution in [0.4, 0.5) is 5.69 Å². The van der Waals surface area contributed by atoms with E-state index in [4.69, 9.17) is 0 Å². The van der Waals surface area contributed by atoms with Gasteiger partial charge in [-0.05, 0) is 44.5 Å². The number of aromatic nitrogens is 2. The van der Waals surface area contributed by atoms with Crippen molar-refractivity contribution in [1.82, 2.24) is 9.55 Å². The highest BCUT2D eigenvalue weighted by Gasteiger charge is 2.22. The molecule has 0 spiro atoms. The van der Waals surface area contributed by atoms with Gasteiger partial charge in [-0.1, -0.05) is 43.0 Å². The summed E-state index contributed by atoms with van der Waals surface area (Å²) >= 11 is 1.24. The van der Waals surface area contributed by atoms with Crippen molar-refractivity contribution in [1.29, 1.82) is 5.26 Å². The molecule has 1 heterocycles. The maximum atomic E-state index is 13.0. The van der Waals surface area contributed by atoms with Gasteiger partial charge in [0.15, 0.2) is 5.16 Å². The zero-order chi connectivity index (χ0) is 21.0. The van der Waals surface area contributed by atoms with Gasteiger partial charge in [0, 0.05) is 6.04 Å². The highest BCUT2D eigenvalue weighted by Crippen LogP contribution is 2.27. The number of amides is 1. The fraction of sp³-hybridized carbons (Fsp3) is 0.273. The maximum Gasteiger partial charge on any atom is 0.262 e. The summed E-state index contributed by atoms with van der Waals surface area (Å²) < 4.78 is 1.67. The van der Waals surface area contributed by atoms with Crippen LogP contribution in [-0.4, -0.2) is 20.7 Å². The van der Waals surface area contributed by atoms with Gasteiger partial charge >= 0.3 is 0 Å². The smallest absolute Gasteiger partial charge is 0.262 e. The normalized spacial score (nSPS) is 12.9. The van der Waals surface area contributed by atoms with E-state index in [0.29, 0.717) is 27.3 Å². The molecule has 0 saturated carbocycles. The number of para-hydroxylation sites is 2. The molecule has 6 nitrogen and oxygen atoms in total. The number of fused-ring (bicyclic) bond motifs is 1. The van der Waals surface area contributed by atoms with Gasteiger partial charge < -0.3 is 5.32 Å². The van der Waals surface area contributed by atoms with Crippen LogP contribution in [0, 0.1) is 11.3 Å². The van der Waals surface area contributed by atoms with Crippen molar-refractivity contribution in [3.63, 3.8) is 0 Å². The van der Waals surface area contributed by atoms with Crippen LogP contribution in [0.5, 0.6) is 0 Å². The molecule has 0 aliphatic rings. The molecule has 29 heavy (non-hydrogen) atoms. The van der Waals surface area contributed by atoms with Gasteiger partial charge in [-0.2, -0.15) is 5.26 Å². The molecule has 0 aliphatic heterocycles. The zero-order valence-electron chi connectivity index (χ0n) is 16.5. The molecule has 2 aromatic carbocycles. The first-order valence-electron chi connectivity index (χ1n) is 9.44. The summed E-state index contributed by atoms with van der Waals surface area (Å²) in [4.78, 5) is 30.4. The van der Waals surface area contributed by atoms with E-state index in [0.717, 1.165) is 6.42 Å². The van der Waals surface area contributed by atoms with Gasteiger partial charge in [0.05, 0.1) is 27.4 Å². The number of hydrogen-bond acceptors (Lipinski definition) is 5. The number of nitrogens with zero attached hydrogens (tertiary/aromatic N) is 3. The van der Waals surface area contributed by atoms with Gasteiger partial charge in [-0.3, -0.25) is 14.2 Å². The second-order valence-electron chi connectivity index (χ2n) is 6.75. The topological polar surface area (TPSA) is 87.8 Å². The van der Waals surface area contributed by atoms with Crippen LogP contribution in [-0.2, 0) is 4.79 Å². The van der Waals surface area contributed by atoms with E-state index in [-0.39, 0.29) is 17.5 Å². The number of nitriles is 1. The lowest BCUT2D eigenvalue weighted by Gasteiger charge is -2.20. The molecule has 0 aliphatic carbocycles. The number of thioether (sulfide) groups is 1. The summed E-state index contributed by atoms with van der Waals surface area (Å²) in [5.74, 6) is -0.254. The highest BCUT2D eigenvalue weighted by molar-refractivity contribution is 8.00. The Balaban J connectivity index is 1.93. The summed E-state index contributed by atoms with van der Waals surface area (Å²) in [6, 6.07) is 16.1. The second-order valence-corrected chi connectivity index (χ2v) is 8.06. The molecular weight excluding hydrogens is 384 g/mol. The summed E-state index contributed by atoms with van der Waals surface area (Å²) in [5.41, 5.74) is 1.38. The standard InChI is InChI=1S/C22H22N4O2S/c1-4-14(2)26-21(28)17-10-6-8-12-19(17)25-22(26)29-15(3)20(27)24-18-11-7-5-9-16(18)13-23/h5-12,14-15H,4H2,1-3H3,(H,24,27)/t14-,15+/m1/s1. The molecule has 0 radical (unpaired) electrons. The predicted octanol–water partition coefficient (Wildman–Crippen LogP) is 4.36. The lowest BCUT2D eigenvalue weighted by molar-refractivity contribution is -0.115. The van der Waals surface area contributed by atoms with Crippen LogP contribution in [0.15, 0.2) is 58.5 Å². The molecule has 1 N–H and O–H groups in total. The van der Waals surface area contributed by atoms with Gasteiger partial charge in [-0.25, -0.2) is 4.98 Å². The Bertz CT molecular complexity index is 1150. The van der Waals surface area contributed by atoms with Crippen LogP contribution in [0.3, 0.4) is 0 Å². The third-order valence-electron chi connectivity index (χ3n) is 4.76. The Labute approximate surface area is 173 Å². The van der Waals surface area contributed by atoms with Crippen molar-refractivity contribution in [2.75, 3.05) is 5.32 Å². The minimum atomic E-state index is -0.509. The van der Waals surface area contributed by atoms with E-state index in [2.05, 4.69) is 16.4 Å². The number of hydrogen-bond donors (Lipinski definition) is 1. The van der Waals surface area contributed by atoms with Crippen LogP contribution >= 0.6 is 11.8 Å². The molecule has 148 valence electrons. The van der Waals surface area contributed by atoms with Crippen LogP contribution in [0.25, 0.3) is 10.9 Å². The largest absolute Gasteiger partial charge is 0.324 e. The first-order valence-corrected chi connectivity index (χ1v) is 10.3. The fourth-order valence-corrected chi connectivity index (χ4v) is 3.93.